The second-order valence-electron chi connectivity index (χ2n) is 5.13. The minimum Gasteiger partial charge on any atom is -0.319 e. The molecule has 0 aliphatic heterocycles. The standard InChI is InChI=1S/C17H19ClFN/c1-11-8-15(13-6-4-5-7-17(13)19)16(18)9-14(11)12(2)10-20-3/h4-9,12,20H,10H2,1-3H3. The van der Waals surface area contributed by atoms with Gasteiger partial charge in [-0.1, -0.05) is 36.7 Å². The smallest absolute Gasteiger partial charge is 0.131 e. The molecule has 2 aromatic carbocycles. The van der Waals surface area contributed by atoms with E-state index in [1.165, 1.54) is 11.6 Å². The van der Waals surface area contributed by atoms with Crippen molar-refractivity contribution in [3.05, 3.63) is 58.4 Å². The number of rotatable bonds is 4. The minimum atomic E-state index is -0.246. The van der Waals surface area contributed by atoms with Gasteiger partial charge in [0.15, 0.2) is 0 Å². The summed E-state index contributed by atoms with van der Waals surface area (Å²) in [4.78, 5) is 0. The van der Waals surface area contributed by atoms with E-state index < -0.39 is 0 Å². The van der Waals surface area contributed by atoms with Crippen LogP contribution in [0.4, 0.5) is 4.39 Å². The van der Waals surface area contributed by atoms with E-state index in [1.54, 1.807) is 12.1 Å². The van der Waals surface area contributed by atoms with E-state index in [9.17, 15) is 4.39 Å². The van der Waals surface area contributed by atoms with Crippen LogP contribution in [-0.4, -0.2) is 13.6 Å². The van der Waals surface area contributed by atoms with E-state index in [2.05, 4.69) is 12.2 Å². The summed E-state index contributed by atoms with van der Waals surface area (Å²) in [6.45, 7) is 5.08. The molecule has 0 fully saturated rings. The Balaban J connectivity index is 2.49. The monoisotopic (exact) mass is 291 g/mol. The van der Waals surface area contributed by atoms with E-state index in [-0.39, 0.29) is 5.82 Å². The van der Waals surface area contributed by atoms with Gasteiger partial charge in [-0.2, -0.15) is 0 Å². The molecule has 0 aliphatic carbocycles. The van der Waals surface area contributed by atoms with Crippen LogP contribution in [0.15, 0.2) is 36.4 Å². The first-order chi connectivity index (χ1) is 9.54. The summed E-state index contributed by atoms with van der Waals surface area (Å²) in [6, 6.07) is 10.7. The lowest BCUT2D eigenvalue weighted by atomic mass is 9.92. The van der Waals surface area contributed by atoms with Crippen LogP contribution in [0.3, 0.4) is 0 Å². The highest BCUT2D eigenvalue weighted by atomic mass is 35.5. The lowest BCUT2D eigenvalue weighted by Crippen LogP contribution is -2.15. The van der Waals surface area contributed by atoms with Crippen molar-refractivity contribution >= 4 is 11.6 Å². The largest absolute Gasteiger partial charge is 0.319 e. The molecule has 20 heavy (non-hydrogen) atoms. The third kappa shape index (κ3) is 3.02. The van der Waals surface area contributed by atoms with Crippen molar-refractivity contribution in [2.75, 3.05) is 13.6 Å². The quantitative estimate of drug-likeness (QED) is 0.855. The van der Waals surface area contributed by atoms with Gasteiger partial charge in [-0.15, -0.1) is 0 Å². The third-order valence-corrected chi connectivity index (χ3v) is 3.87. The lowest BCUT2D eigenvalue weighted by molar-refractivity contribution is 0.631. The van der Waals surface area contributed by atoms with Gasteiger partial charge in [0.2, 0.25) is 0 Å². The van der Waals surface area contributed by atoms with Crippen molar-refractivity contribution in [1.82, 2.24) is 5.32 Å². The molecule has 0 heterocycles. The molecule has 0 bridgehead atoms. The lowest BCUT2D eigenvalue weighted by Gasteiger charge is -2.17. The summed E-state index contributed by atoms with van der Waals surface area (Å²) >= 11 is 6.37. The summed E-state index contributed by atoms with van der Waals surface area (Å²) in [5.41, 5.74) is 3.64. The Labute approximate surface area is 124 Å². The zero-order valence-electron chi connectivity index (χ0n) is 12.0. The van der Waals surface area contributed by atoms with Crippen molar-refractivity contribution < 1.29 is 4.39 Å². The molecule has 0 aliphatic rings. The first-order valence-electron chi connectivity index (χ1n) is 6.74. The van der Waals surface area contributed by atoms with Crippen LogP contribution in [0.2, 0.25) is 5.02 Å². The molecular weight excluding hydrogens is 273 g/mol. The highest BCUT2D eigenvalue weighted by Crippen LogP contribution is 2.34. The summed E-state index contributed by atoms with van der Waals surface area (Å²) in [7, 11) is 1.93. The van der Waals surface area contributed by atoms with Crippen LogP contribution in [0.1, 0.15) is 24.0 Å². The number of benzene rings is 2. The maximum atomic E-state index is 13.9. The van der Waals surface area contributed by atoms with Crippen LogP contribution < -0.4 is 5.32 Å². The highest BCUT2D eigenvalue weighted by Gasteiger charge is 2.14. The van der Waals surface area contributed by atoms with Crippen molar-refractivity contribution in [3.8, 4) is 11.1 Å². The van der Waals surface area contributed by atoms with E-state index in [0.717, 1.165) is 17.7 Å². The van der Waals surface area contributed by atoms with Crippen molar-refractivity contribution in [1.29, 1.82) is 0 Å². The molecule has 0 saturated carbocycles. The second-order valence-corrected chi connectivity index (χ2v) is 5.53. The molecule has 2 rings (SSSR count). The fraction of sp³-hybridized carbons (Fsp3) is 0.294. The summed E-state index contributed by atoms with van der Waals surface area (Å²) in [5, 5.41) is 3.76. The molecule has 0 saturated heterocycles. The Morgan fingerprint density at radius 3 is 2.55 bits per heavy atom. The van der Waals surface area contributed by atoms with Gasteiger partial charge >= 0.3 is 0 Å². The summed E-state index contributed by atoms with van der Waals surface area (Å²) in [5.74, 6) is 0.122. The van der Waals surface area contributed by atoms with Crippen molar-refractivity contribution in [2.45, 2.75) is 19.8 Å². The zero-order valence-corrected chi connectivity index (χ0v) is 12.8. The molecule has 106 valence electrons. The van der Waals surface area contributed by atoms with Gasteiger partial charge in [-0.25, -0.2) is 4.39 Å². The Bertz CT molecular complexity index is 610. The number of hydrogen-bond acceptors (Lipinski definition) is 1. The van der Waals surface area contributed by atoms with Gasteiger partial charge in [0.05, 0.1) is 0 Å². The molecule has 1 atom stereocenters. The number of aryl methyl sites for hydroxylation is 1. The molecule has 0 radical (unpaired) electrons. The van der Waals surface area contributed by atoms with Crippen LogP contribution in [-0.2, 0) is 0 Å². The summed E-state index contributed by atoms with van der Waals surface area (Å²) < 4.78 is 13.9. The first-order valence-corrected chi connectivity index (χ1v) is 7.12. The maximum absolute atomic E-state index is 13.9. The van der Waals surface area contributed by atoms with E-state index in [0.29, 0.717) is 16.5 Å². The SMILES string of the molecule is CNCC(C)c1cc(Cl)c(-c2ccccc2F)cc1C. The fourth-order valence-electron chi connectivity index (χ4n) is 2.53. The van der Waals surface area contributed by atoms with Crippen LogP contribution in [0.5, 0.6) is 0 Å². The van der Waals surface area contributed by atoms with Gasteiger partial charge in [0, 0.05) is 22.7 Å². The average Bonchev–Trinajstić information content (AvgIpc) is 2.42. The maximum Gasteiger partial charge on any atom is 0.131 e. The van der Waals surface area contributed by atoms with Gasteiger partial charge in [0.1, 0.15) is 5.82 Å². The Kier molecular flexibility index (Phi) is 4.79. The number of likely N-dealkylation sites (N-methyl/N-ethyl adjacent to an activating group) is 1. The topological polar surface area (TPSA) is 12.0 Å². The zero-order chi connectivity index (χ0) is 14.7. The van der Waals surface area contributed by atoms with Gasteiger partial charge in [-0.3, -0.25) is 0 Å². The molecule has 0 spiro atoms. The molecule has 2 aromatic rings. The number of halogens is 2. The van der Waals surface area contributed by atoms with Gasteiger partial charge in [-0.05, 0) is 49.2 Å². The number of nitrogens with one attached hydrogen (secondary N) is 1. The first kappa shape index (κ1) is 15.0. The van der Waals surface area contributed by atoms with Gasteiger partial charge < -0.3 is 5.32 Å². The van der Waals surface area contributed by atoms with Gasteiger partial charge in [0.25, 0.3) is 0 Å². The van der Waals surface area contributed by atoms with Crippen LogP contribution in [0.25, 0.3) is 11.1 Å². The Hall–Kier alpha value is -1.38. The molecule has 1 N–H and O–H groups in total. The predicted molar refractivity (Wildman–Crippen MR) is 83.9 cm³/mol. The minimum absolute atomic E-state index is 0.246. The average molecular weight is 292 g/mol. The van der Waals surface area contributed by atoms with Crippen LogP contribution >= 0.6 is 11.6 Å². The van der Waals surface area contributed by atoms with Crippen LogP contribution in [0, 0.1) is 12.7 Å². The third-order valence-electron chi connectivity index (χ3n) is 3.56. The molecule has 0 aromatic heterocycles. The van der Waals surface area contributed by atoms with E-state index >= 15 is 0 Å². The Morgan fingerprint density at radius 2 is 1.90 bits per heavy atom. The molecule has 0 amide bonds. The van der Waals surface area contributed by atoms with E-state index in [1.807, 2.05) is 32.2 Å². The number of hydrogen-bond donors (Lipinski definition) is 1. The summed E-state index contributed by atoms with van der Waals surface area (Å²) in [6.07, 6.45) is 0. The van der Waals surface area contributed by atoms with E-state index in [4.69, 9.17) is 11.6 Å². The molecule has 3 heteroatoms. The molecule has 1 unspecified atom stereocenters. The molecule has 1 nitrogen and oxygen atoms in total. The van der Waals surface area contributed by atoms with Crippen molar-refractivity contribution in [2.24, 2.45) is 0 Å². The second kappa shape index (κ2) is 6.38. The molecular formula is C17H19ClFN. The Morgan fingerprint density at radius 1 is 1.20 bits per heavy atom. The normalized spacial score (nSPS) is 12.4. The predicted octanol–water partition coefficient (Wildman–Crippen LogP) is 4.78. The van der Waals surface area contributed by atoms with Crippen molar-refractivity contribution in [3.63, 3.8) is 0 Å². The highest BCUT2D eigenvalue weighted by molar-refractivity contribution is 6.33. The fourth-order valence-corrected chi connectivity index (χ4v) is 2.80.